The number of carbonyl (C=O) groups is 4. The Labute approximate surface area is 227 Å². The van der Waals surface area contributed by atoms with Gasteiger partial charge in [-0.3, -0.25) is 19.2 Å². The van der Waals surface area contributed by atoms with Crippen molar-refractivity contribution in [3.8, 4) is 17.1 Å². The summed E-state index contributed by atoms with van der Waals surface area (Å²) in [5.41, 5.74) is -0.268. The van der Waals surface area contributed by atoms with E-state index in [9.17, 15) is 19.2 Å². The minimum atomic E-state index is -1.09. The van der Waals surface area contributed by atoms with Crippen molar-refractivity contribution in [3.05, 3.63) is 42.2 Å². The Morgan fingerprint density at radius 1 is 1.05 bits per heavy atom. The topological polar surface area (TPSA) is 118 Å². The molecule has 1 aliphatic heterocycles. The predicted molar refractivity (Wildman–Crippen MR) is 137 cm³/mol. The Morgan fingerprint density at radius 3 is 2.49 bits per heavy atom. The van der Waals surface area contributed by atoms with Crippen LogP contribution in [0.1, 0.15) is 58.1 Å². The number of fused-ring (bicyclic) bond motifs is 3. The van der Waals surface area contributed by atoms with E-state index in [1.165, 1.54) is 14.0 Å². The van der Waals surface area contributed by atoms with Crippen LogP contribution in [0.4, 0.5) is 0 Å². The first-order chi connectivity index (χ1) is 18.5. The summed E-state index contributed by atoms with van der Waals surface area (Å²) in [5, 5.41) is 0. The number of para-hydroxylation sites is 1. The SMILES string of the molecule is COC(=O)[C@@H]1C[C@H](OC(C)=O)C(=O)[C@H]2[C@@]1(C)CC[C@H]1C(=O)O[C@H](c3ccoc3-c3ccccc3OC)C[C@]21C. The fourth-order valence-corrected chi connectivity index (χ4v) is 7.62. The lowest BCUT2D eigenvalue weighted by Gasteiger charge is -2.61. The number of ether oxygens (including phenoxy) is 4. The van der Waals surface area contributed by atoms with Crippen molar-refractivity contribution in [2.24, 2.45) is 28.6 Å². The molecule has 0 spiro atoms. The lowest BCUT2D eigenvalue weighted by Crippen LogP contribution is -2.64. The molecule has 208 valence electrons. The quantitative estimate of drug-likeness (QED) is 0.395. The zero-order valence-electron chi connectivity index (χ0n) is 22.9. The average molecular weight is 539 g/mol. The Morgan fingerprint density at radius 2 is 1.79 bits per heavy atom. The molecule has 2 saturated carbocycles. The average Bonchev–Trinajstić information content (AvgIpc) is 3.38. The summed E-state index contributed by atoms with van der Waals surface area (Å²) in [6.45, 7) is 5.10. The number of esters is 3. The van der Waals surface area contributed by atoms with E-state index < -0.39 is 52.7 Å². The molecule has 1 aromatic heterocycles. The number of rotatable bonds is 5. The van der Waals surface area contributed by atoms with Crippen LogP contribution < -0.4 is 4.74 Å². The molecule has 0 amide bonds. The third-order valence-corrected chi connectivity index (χ3v) is 9.29. The first-order valence-electron chi connectivity index (χ1n) is 13.2. The van der Waals surface area contributed by atoms with Crippen LogP contribution in [-0.4, -0.2) is 44.0 Å². The normalized spacial score (nSPS) is 33.8. The molecule has 9 heteroatoms. The summed E-state index contributed by atoms with van der Waals surface area (Å²) < 4.78 is 28.0. The molecule has 3 aliphatic rings. The molecule has 0 bridgehead atoms. The third kappa shape index (κ3) is 4.22. The van der Waals surface area contributed by atoms with Crippen LogP contribution in [0.2, 0.25) is 0 Å². The lowest BCUT2D eigenvalue weighted by atomic mass is 9.43. The van der Waals surface area contributed by atoms with Crippen LogP contribution >= 0.6 is 0 Å². The van der Waals surface area contributed by atoms with Crippen molar-refractivity contribution in [2.75, 3.05) is 14.2 Å². The molecule has 3 fully saturated rings. The fraction of sp³-hybridized carbons (Fsp3) is 0.533. The van der Waals surface area contributed by atoms with Gasteiger partial charge in [-0.2, -0.15) is 0 Å². The molecule has 2 heterocycles. The molecule has 1 saturated heterocycles. The fourth-order valence-electron chi connectivity index (χ4n) is 7.62. The van der Waals surface area contributed by atoms with Crippen molar-refractivity contribution in [1.82, 2.24) is 0 Å². The number of Topliss-reactive ketones (excluding diaryl/α,β-unsaturated/α-hetero) is 1. The maximum Gasteiger partial charge on any atom is 0.310 e. The number of ketones is 1. The van der Waals surface area contributed by atoms with Gasteiger partial charge in [0.05, 0.1) is 37.9 Å². The molecule has 7 atom stereocenters. The molecular formula is C30H34O9. The van der Waals surface area contributed by atoms with Crippen molar-refractivity contribution in [1.29, 1.82) is 0 Å². The molecule has 0 radical (unpaired) electrons. The summed E-state index contributed by atoms with van der Waals surface area (Å²) in [7, 11) is 2.89. The first-order valence-corrected chi connectivity index (χ1v) is 13.2. The van der Waals surface area contributed by atoms with Crippen molar-refractivity contribution >= 4 is 23.7 Å². The maximum atomic E-state index is 14.1. The van der Waals surface area contributed by atoms with Gasteiger partial charge in [0.25, 0.3) is 0 Å². The van der Waals surface area contributed by atoms with E-state index in [1.807, 2.05) is 38.1 Å². The highest BCUT2D eigenvalue weighted by molar-refractivity contribution is 5.93. The number of cyclic esters (lactones) is 1. The molecule has 0 unspecified atom stereocenters. The van der Waals surface area contributed by atoms with Gasteiger partial charge in [-0.05, 0) is 48.3 Å². The second kappa shape index (κ2) is 9.84. The molecule has 9 nitrogen and oxygen atoms in total. The summed E-state index contributed by atoms with van der Waals surface area (Å²) >= 11 is 0. The summed E-state index contributed by atoms with van der Waals surface area (Å²) in [6, 6.07) is 9.17. The van der Waals surface area contributed by atoms with Crippen molar-refractivity contribution < 1.29 is 42.5 Å². The van der Waals surface area contributed by atoms with E-state index in [4.69, 9.17) is 23.4 Å². The minimum Gasteiger partial charge on any atom is -0.496 e. The van der Waals surface area contributed by atoms with Crippen molar-refractivity contribution in [2.45, 2.75) is 58.7 Å². The van der Waals surface area contributed by atoms with Gasteiger partial charge >= 0.3 is 17.9 Å². The Hall–Kier alpha value is -3.62. The highest BCUT2D eigenvalue weighted by Crippen LogP contribution is 2.65. The number of furan rings is 1. The van der Waals surface area contributed by atoms with Crippen molar-refractivity contribution in [3.63, 3.8) is 0 Å². The lowest BCUT2D eigenvalue weighted by molar-refractivity contribution is -0.210. The molecule has 39 heavy (non-hydrogen) atoms. The van der Waals surface area contributed by atoms with Crippen LogP contribution in [0.5, 0.6) is 5.75 Å². The van der Waals surface area contributed by atoms with Gasteiger partial charge in [0.15, 0.2) is 11.9 Å². The molecule has 2 aliphatic carbocycles. The van der Waals surface area contributed by atoms with E-state index in [0.717, 1.165) is 0 Å². The van der Waals surface area contributed by atoms with E-state index >= 15 is 0 Å². The van der Waals surface area contributed by atoms with Gasteiger partial charge in [-0.25, -0.2) is 0 Å². The van der Waals surface area contributed by atoms with Gasteiger partial charge in [0, 0.05) is 24.8 Å². The summed E-state index contributed by atoms with van der Waals surface area (Å²) in [4.78, 5) is 52.6. The first kappa shape index (κ1) is 27.0. The van der Waals surface area contributed by atoms with Crippen LogP contribution in [0.15, 0.2) is 41.0 Å². The Kier molecular flexibility index (Phi) is 6.81. The van der Waals surface area contributed by atoms with E-state index in [2.05, 4.69) is 0 Å². The number of hydrogen-bond acceptors (Lipinski definition) is 9. The smallest absolute Gasteiger partial charge is 0.310 e. The monoisotopic (exact) mass is 538 g/mol. The highest BCUT2D eigenvalue weighted by Gasteiger charge is 2.68. The van der Waals surface area contributed by atoms with E-state index in [1.54, 1.807) is 19.4 Å². The zero-order chi connectivity index (χ0) is 28.1. The Bertz CT molecular complexity index is 1310. The Balaban J connectivity index is 1.58. The van der Waals surface area contributed by atoms with Gasteiger partial charge in [-0.1, -0.05) is 26.0 Å². The molecule has 5 rings (SSSR count). The van der Waals surface area contributed by atoms with Crippen LogP contribution in [-0.2, 0) is 33.4 Å². The standard InChI is InChI=1S/C30H34O9/c1-16(31)38-22-14-20(27(33)36-5)29(2)12-10-19-28(34)39-23(15-30(19,3)26(29)24(22)32)18-11-13-37-25(18)17-8-6-7-9-21(17)35-4/h6-9,11,13,19-20,22-23,26H,10,12,14-15H2,1-5H3/t19-,20-,22-,23-,26-,29-,30-/m0/s1. The number of benzene rings is 1. The summed E-state index contributed by atoms with van der Waals surface area (Å²) in [5.74, 6) is -2.51. The predicted octanol–water partition coefficient (Wildman–Crippen LogP) is 4.68. The summed E-state index contributed by atoms with van der Waals surface area (Å²) in [6.07, 6.45) is 1.09. The number of methoxy groups -OCH3 is 2. The van der Waals surface area contributed by atoms with E-state index in [0.29, 0.717) is 41.9 Å². The highest BCUT2D eigenvalue weighted by atomic mass is 16.6. The van der Waals surface area contributed by atoms with Gasteiger partial charge in [0.2, 0.25) is 0 Å². The molecular weight excluding hydrogens is 504 g/mol. The largest absolute Gasteiger partial charge is 0.496 e. The van der Waals surface area contributed by atoms with Gasteiger partial charge in [0.1, 0.15) is 17.6 Å². The number of carbonyl (C=O) groups excluding carboxylic acids is 4. The maximum absolute atomic E-state index is 14.1. The minimum absolute atomic E-state index is 0.0619. The van der Waals surface area contributed by atoms with Gasteiger partial charge in [-0.15, -0.1) is 0 Å². The molecule has 2 aromatic rings. The zero-order valence-corrected chi connectivity index (χ0v) is 22.9. The number of hydrogen-bond donors (Lipinski definition) is 0. The molecule has 0 N–H and O–H groups in total. The van der Waals surface area contributed by atoms with E-state index in [-0.39, 0.29) is 18.2 Å². The molecule has 1 aromatic carbocycles. The van der Waals surface area contributed by atoms with Gasteiger partial charge < -0.3 is 23.4 Å². The van der Waals surface area contributed by atoms with Crippen LogP contribution in [0.3, 0.4) is 0 Å². The second-order valence-electron chi connectivity index (χ2n) is 11.4. The van der Waals surface area contributed by atoms with Crippen LogP contribution in [0.25, 0.3) is 11.3 Å². The van der Waals surface area contributed by atoms with Crippen LogP contribution in [0, 0.1) is 28.6 Å². The second-order valence-corrected chi connectivity index (χ2v) is 11.4. The third-order valence-electron chi connectivity index (χ3n) is 9.29.